The minimum atomic E-state index is 0. The monoisotopic (exact) mass is 318 g/mol. The normalized spacial score (nSPS) is 21.1. The number of carbonyl (C=O) groups excluding carboxylic acids is 1. The van der Waals surface area contributed by atoms with Crippen molar-refractivity contribution in [2.45, 2.75) is 57.5 Å². The summed E-state index contributed by atoms with van der Waals surface area (Å²) in [4.78, 5) is 14.1. The largest absolute Gasteiger partial charge is 0.368 e. The Balaban J connectivity index is 0.00000220. The second kappa shape index (κ2) is 10.4. The first-order valence-electron chi connectivity index (χ1n) is 8.33. The van der Waals surface area contributed by atoms with Gasteiger partial charge in [-0.2, -0.15) is 0 Å². The van der Waals surface area contributed by atoms with Crippen LogP contribution < -0.4 is 5.32 Å². The minimum Gasteiger partial charge on any atom is -0.368 e. The molecule has 1 saturated heterocycles. The number of ether oxygens (including phenoxy) is 1. The molecule has 1 saturated carbocycles. The molecule has 0 atom stereocenters. The van der Waals surface area contributed by atoms with Crippen molar-refractivity contribution in [2.75, 3.05) is 33.3 Å². The SMILES string of the molecule is CNCCC1CCN(C(=O)COC2CCCCC2)CC1.Cl. The third-order valence-corrected chi connectivity index (χ3v) is 4.76. The Bertz CT molecular complexity index is 288. The zero-order valence-corrected chi connectivity index (χ0v) is 14.1. The van der Waals surface area contributed by atoms with Crippen LogP contribution in [0.15, 0.2) is 0 Å². The average Bonchev–Trinajstić information content (AvgIpc) is 2.52. The van der Waals surface area contributed by atoms with Gasteiger partial charge in [0.2, 0.25) is 5.91 Å². The summed E-state index contributed by atoms with van der Waals surface area (Å²) >= 11 is 0. The first kappa shape index (κ1) is 18.7. The van der Waals surface area contributed by atoms with Gasteiger partial charge in [0.15, 0.2) is 0 Å². The highest BCUT2D eigenvalue weighted by molar-refractivity contribution is 5.85. The fourth-order valence-corrected chi connectivity index (χ4v) is 3.33. The number of nitrogens with one attached hydrogen (secondary N) is 1. The lowest BCUT2D eigenvalue weighted by atomic mass is 9.93. The van der Waals surface area contributed by atoms with Crippen molar-refractivity contribution in [1.82, 2.24) is 10.2 Å². The van der Waals surface area contributed by atoms with Gasteiger partial charge in [0.1, 0.15) is 6.61 Å². The van der Waals surface area contributed by atoms with E-state index in [2.05, 4.69) is 5.32 Å². The predicted octanol–water partition coefficient (Wildman–Crippen LogP) is 2.61. The molecule has 0 aromatic rings. The van der Waals surface area contributed by atoms with Gasteiger partial charge < -0.3 is 15.0 Å². The van der Waals surface area contributed by atoms with Crippen LogP contribution in [0.1, 0.15) is 51.4 Å². The van der Waals surface area contributed by atoms with Crippen molar-refractivity contribution in [2.24, 2.45) is 5.92 Å². The Hall–Kier alpha value is -0.320. The highest BCUT2D eigenvalue weighted by Gasteiger charge is 2.23. The van der Waals surface area contributed by atoms with E-state index in [1.807, 2.05) is 11.9 Å². The molecule has 1 aliphatic carbocycles. The van der Waals surface area contributed by atoms with E-state index in [9.17, 15) is 4.79 Å². The number of carbonyl (C=O) groups is 1. The van der Waals surface area contributed by atoms with Gasteiger partial charge in [-0.1, -0.05) is 19.3 Å². The van der Waals surface area contributed by atoms with Gasteiger partial charge in [-0.15, -0.1) is 12.4 Å². The number of hydrogen-bond donors (Lipinski definition) is 1. The molecular formula is C16H31ClN2O2. The van der Waals surface area contributed by atoms with E-state index in [4.69, 9.17) is 4.74 Å². The van der Waals surface area contributed by atoms with Crippen LogP contribution in [0.5, 0.6) is 0 Å². The van der Waals surface area contributed by atoms with Crippen LogP contribution in [0.4, 0.5) is 0 Å². The predicted molar refractivity (Wildman–Crippen MR) is 87.9 cm³/mol. The molecule has 1 aliphatic heterocycles. The molecule has 124 valence electrons. The maximum atomic E-state index is 12.2. The number of halogens is 1. The summed E-state index contributed by atoms with van der Waals surface area (Å²) in [6.07, 6.45) is 9.99. The lowest BCUT2D eigenvalue weighted by molar-refractivity contribution is -0.140. The number of rotatable bonds is 6. The van der Waals surface area contributed by atoms with E-state index in [0.717, 1.165) is 51.2 Å². The summed E-state index contributed by atoms with van der Waals surface area (Å²) < 4.78 is 5.79. The molecule has 2 fully saturated rings. The Morgan fingerprint density at radius 3 is 2.43 bits per heavy atom. The van der Waals surface area contributed by atoms with E-state index in [0.29, 0.717) is 12.7 Å². The van der Waals surface area contributed by atoms with Crippen LogP contribution in [-0.4, -0.2) is 50.2 Å². The standard InChI is InChI=1S/C16H30N2O2.ClH/c1-17-10-7-14-8-11-18(12-9-14)16(19)13-20-15-5-3-2-4-6-15;/h14-15,17H,2-13H2,1H3;1H. The van der Waals surface area contributed by atoms with Gasteiger partial charge in [0, 0.05) is 13.1 Å². The lowest BCUT2D eigenvalue weighted by Crippen LogP contribution is -2.41. The summed E-state index contributed by atoms with van der Waals surface area (Å²) in [5, 5.41) is 3.21. The molecule has 0 radical (unpaired) electrons. The molecule has 2 aliphatic rings. The number of amides is 1. The zero-order valence-electron chi connectivity index (χ0n) is 13.3. The second-order valence-corrected chi connectivity index (χ2v) is 6.29. The van der Waals surface area contributed by atoms with E-state index in [1.54, 1.807) is 0 Å². The molecule has 0 spiro atoms. The molecule has 0 aromatic carbocycles. The molecule has 0 bridgehead atoms. The Kier molecular flexibility index (Phi) is 9.29. The van der Waals surface area contributed by atoms with Crippen molar-refractivity contribution >= 4 is 18.3 Å². The van der Waals surface area contributed by atoms with E-state index < -0.39 is 0 Å². The Labute approximate surface area is 135 Å². The summed E-state index contributed by atoms with van der Waals surface area (Å²) in [5.41, 5.74) is 0. The van der Waals surface area contributed by atoms with Gasteiger partial charge in [-0.25, -0.2) is 0 Å². The van der Waals surface area contributed by atoms with Crippen molar-refractivity contribution in [3.05, 3.63) is 0 Å². The first-order chi connectivity index (χ1) is 9.79. The van der Waals surface area contributed by atoms with Crippen molar-refractivity contribution in [1.29, 1.82) is 0 Å². The Morgan fingerprint density at radius 2 is 1.81 bits per heavy atom. The van der Waals surface area contributed by atoms with Crippen molar-refractivity contribution in [3.8, 4) is 0 Å². The fraction of sp³-hybridized carbons (Fsp3) is 0.938. The third kappa shape index (κ3) is 6.54. The van der Waals surface area contributed by atoms with Crippen LogP contribution in [0.2, 0.25) is 0 Å². The van der Waals surface area contributed by atoms with Crippen LogP contribution in [0.25, 0.3) is 0 Å². The minimum absolute atomic E-state index is 0. The molecule has 1 heterocycles. The van der Waals surface area contributed by atoms with E-state index in [1.165, 1.54) is 25.7 Å². The van der Waals surface area contributed by atoms with Crippen molar-refractivity contribution < 1.29 is 9.53 Å². The molecule has 0 unspecified atom stereocenters. The number of hydrogen-bond acceptors (Lipinski definition) is 3. The van der Waals surface area contributed by atoms with Crippen LogP contribution >= 0.6 is 12.4 Å². The van der Waals surface area contributed by atoms with Gasteiger partial charge in [-0.05, 0) is 51.6 Å². The van der Waals surface area contributed by atoms with Crippen LogP contribution in [0, 0.1) is 5.92 Å². The second-order valence-electron chi connectivity index (χ2n) is 6.29. The third-order valence-electron chi connectivity index (χ3n) is 4.76. The summed E-state index contributed by atoms with van der Waals surface area (Å²) in [6, 6.07) is 0. The number of likely N-dealkylation sites (tertiary alicyclic amines) is 1. The molecule has 5 heteroatoms. The molecule has 1 amide bonds. The summed E-state index contributed by atoms with van der Waals surface area (Å²) in [7, 11) is 2.00. The van der Waals surface area contributed by atoms with Crippen LogP contribution in [0.3, 0.4) is 0 Å². The Morgan fingerprint density at radius 1 is 1.14 bits per heavy atom. The van der Waals surface area contributed by atoms with E-state index >= 15 is 0 Å². The van der Waals surface area contributed by atoms with Crippen molar-refractivity contribution in [3.63, 3.8) is 0 Å². The lowest BCUT2D eigenvalue weighted by Gasteiger charge is -2.32. The molecule has 0 aromatic heterocycles. The summed E-state index contributed by atoms with van der Waals surface area (Å²) in [6.45, 7) is 3.22. The zero-order chi connectivity index (χ0) is 14.2. The van der Waals surface area contributed by atoms with Gasteiger partial charge in [-0.3, -0.25) is 4.79 Å². The van der Waals surface area contributed by atoms with Gasteiger partial charge >= 0.3 is 0 Å². The van der Waals surface area contributed by atoms with Gasteiger partial charge in [0.25, 0.3) is 0 Å². The number of piperidine rings is 1. The molecule has 4 nitrogen and oxygen atoms in total. The number of nitrogens with zero attached hydrogens (tertiary/aromatic N) is 1. The average molecular weight is 319 g/mol. The smallest absolute Gasteiger partial charge is 0.248 e. The molecule has 2 rings (SSSR count). The summed E-state index contributed by atoms with van der Waals surface area (Å²) in [5.74, 6) is 0.980. The topological polar surface area (TPSA) is 41.6 Å². The maximum absolute atomic E-state index is 12.2. The highest BCUT2D eigenvalue weighted by atomic mass is 35.5. The fourth-order valence-electron chi connectivity index (χ4n) is 3.33. The molecule has 1 N–H and O–H groups in total. The van der Waals surface area contributed by atoms with Crippen LogP contribution in [-0.2, 0) is 9.53 Å². The first-order valence-corrected chi connectivity index (χ1v) is 8.33. The maximum Gasteiger partial charge on any atom is 0.248 e. The quantitative estimate of drug-likeness (QED) is 0.818. The molecular weight excluding hydrogens is 288 g/mol. The van der Waals surface area contributed by atoms with Gasteiger partial charge in [0.05, 0.1) is 6.10 Å². The highest BCUT2D eigenvalue weighted by Crippen LogP contribution is 2.22. The van der Waals surface area contributed by atoms with E-state index in [-0.39, 0.29) is 18.3 Å². The molecule has 21 heavy (non-hydrogen) atoms.